The Kier molecular flexibility index (Phi) is 3.04. The quantitative estimate of drug-likeness (QED) is 0.923. The van der Waals surface area contributed by atoms with Gasteiger partial charge in [0.25, 0.3) is 5.22 Å². The third kappa shape index (κ3) is 2.50. The summed E-state index contributed by atoms with van der Waals surface area (Å²) in [4.78, 5) is 15.4. The number of oxazole rings is 1. The normalized spacial score (nSPS) is 13.3. The van der Waals surface area contributed by atoms with Crippen molar-refractivity contribution in [3.63, 3.8) is 0 Å². The van der Waals surface area contributed by atoms with Gasteiger partial charge in [-0.15, -0.1) is 0 Å². The van der Waals surface area contributed by atoms with Crippen LogP contribution < -0.4 is 9.47 Å². The van der Waals surface area contributed by atoms with E-state index in [2.05, 4.69) is 4.98 Å². The number of aromatic carboxylic acids is 1. The average Bonchev–Trinajstić information content (AvgIpc) is 2.87. The maximum Gasteiger partial charge on any atom is 0.357 e. The first-order valence-corrected chi connectivity index (χ1v) is 6.30. The molecule has 0 saturated heterocycles. The van der Waals surface area contributed by atoms with Crippen molar-refractivity contribution < 1.29 is 23.8 Å². The van der Waals surface area contributed by atoms with Gasteiger partial charge in [0.05, 0.1) is 0 Å². The summed E-state index contributed by atoms with van der Waals surface area (Å²) in [5.41, 5.74) is -0.111. The summed E-state index contributed by atoms with van der Waals surface area (Å²) >= 11 is 1.22. The van der Waals surface area contributed by atoms with E-state index in [0.29, 0.717) is 24.7 Å². The molecule has 0 saturated carbocycles. The fraction of sp³-hybridized carbons (Fsp3) is 0.167. The molecule has 3 rings (SSSR count). The van der Waals surface area contributed by atoms with E-state index < -0.39 is 5.97 Å². The number of carbonyl (C=O) groups is 1. The van der Waals surface area contributed by atoms with Crippen LogP contribution in [0.25, 0.3) is 0 Å². The van der Waals surface area contributed by atoms with Crippen LogP contribution >= 0.6 is 11.8 Å². The Hall–Kier alpha value is -2.15. The lowest BCUT2D eigenvalue weighted by atomic mass is 10.3. The molecule has 1 aromatic heterocycles. The van der Waals surface area contributed by atoms with E-state index >= 15 is 0 Å². The van der Waals surface area contributed by atoms with Crippen LogP contribution in [-0.4, -0.2) is 29.3 Å². The molecule has 0 unspecified atom stereocenters. The van der Waals surface area contributed by atoms with E-state index in [4.69, 9.17) is 19.0 Å². The fourth-order valence-electron chi connectivity index (χ4n) is 1.59. The van der Waals surface area contributed by atoms with Crippen molar-refractivity contribution in [3.05, 3.63) is 30.2 Å². The van der Waals surface area contributed by atoms with E-state index in [1.807, 2.05) is 12.1 Å². The number of carboxylic acids is 1. The maximum absolute atomic E-state index is 10.7. The van der Waals surface area contributed by atoms with Crippen LogP contribution in [0, 0.1) is 0 Å². The van der Waals surface area contributed by atoms with Gasteiger partial charge in [0.15, 0.2) is 17.2 Å². The summed E-state index contributed by atoms with van der Waals surface area (Å²) in [5.74, 6) is 0.258. The summed E-state index contributed by atoms with van der Waals surface area (Å²) in [6, 6.07) is 5.45. The number of benzene rings is 1. The van der Waals surface area contributed by atoms with Gasteiger partial charge in [-0.25, -0.2) is 4.79 Å². The number of hydrogen-bond acceptors (Lipinski definition) is 6. The predicted octanol–water partition coefficient (Wildman–Crippen LogP) is 2.30. The van der Waals surface area contributed by atoms with Crippen LogP contribution in [0.5, 0.6) is 11.5 Å². The van der Waals surface area contributed by atoms with Gasteiger partial charge in [-0.05, 0) is 30.0 Å². The minimum atomic E-state index is -1.11. The van der Waals surface area contributed by atoms with Crippen LogP contribution in [0.3, 0.4) is 0 Å². The van der Waals surface area contributed by atoms with Gasteiger partial charge in [0, 0.05) is 4.90 Å². The predicted molar refractivity (Wildman–Crippen MR) is 65.0 cm³/mol. The minimum absolute atomic E-state index is 0.111. The highest BCUT2D eigenvalue weighted by molar-refractivity contribution is 7.99. The molecule has 0 radical (unpaired) electrons. The molecule has 19 heavy (non-hydrogen) atoms. The Morgan fingerprint density at radius 3 is 2.79 bits per heavy atom. The molecule has 0 spiro atoms. The van der Waals surface area contributed by atoms with Gasteiger partial charge in [0.2, 0.25) is 0 Å². The van der Waals surface area contributed by atoms with Gasteiger partial charge in [-0.2, -0.15) is 4.98 Å². The zero-order valence-corrected chi connectivity index (χ0v) is 10.5. The van der Waals surface area contributed by atoms with Gasteiger partial charge in [-0.3, -0.25) is 0 Å². The summed E-state index contributed by atoms with van der Waals surface area (Å²) in [6.07, 6.45) is 1.11. The van der Waals surface area contributed by atoms with Crippen LogP contribution in [0.15, 0.2) is 39.0 Å². The highest BCUT2D eigenvalue weighted by Gasteiger charge is 2.15. The molecule has 6 nitrogen and oxygen atoms in total. The molecule has 0 amide bonds. The first-order valence-electron chi connectivity index (χ1n) is 5.49. The Morgan fingerprint density at radius 1 is 1.26 bits per heavy atom. The first-order chi connectivity index (χ1) is 9.22. The number of carboxylic acid groups (broad SMARTS) is 1. The molecule has 0 bridgehead atoms. The number of fused-ring (bicyclic) bond motifs is 1. The van der Waals surface area contributed by atoms with E-state index in [1.54, 1.807) is 6.07 Å². The number of ether oxygens (including phenoxy) is 2. The molecule has 0 aliphatic carbocycles. The Balaban J connectivity index is 1.80. The molecule has 1 N–H and O–H groups in total. The van der Waals surface area contributed by atoms with Crippen LogP contribution in [0.2, 0.25) is 0 Å². The summed E-state index contributed by atoms with van der Waals surface area (Å²) in [7, 11) is 0. The van der Waals surface area contributed by atoms with Crippen LogP contribution in [0.1, 0.15) is 10.5 Å². The molecule has 1 aliphatic heterocycles. The molecule has 98 valence electrons. The second-order valence-corrected chi connectivity index (χ2v) is 4.74. The van der Waals surface area contributed by atoms with Gasteiger partial charge in [0.1, 0.15) is 19.5 Å². The Labute approximate surface area is 112 Å². The highest BCUT2D eigenvalue weighted by Crippen LogP contribution is 2.36. The Morgan fingerprint density at radius 2 is 2.05 bits per heavy atom. The smallest absolute Gasteiger partial charge is 0.357 e. The van der Waals surface area contributed by atoms with Crippen molar-refractivity contribution in [1.82, 2.24) is 4.98 Å². The molecule has 0 atom stereocenters. The monoisotopic (exact) mass is 279 g/mol. The summed E-state index contributed by atoms with van der Waals surface area (Å²) in [5, 5.41) is 9.03. The molecule has 1 aromatic carbocycles. The van der Waals surface area contributed by atoms with Crippen molar-refractivity contribution in [1.29, 1.82) is 0 Å². The zero-order chi connectivity index (χ0) is 13.2. The molecular weight excluding hydrogens is 270 g/mol. The molecule has 0 fully saturated rings. The lowest BCUT2D eigenvalue weighted by molar-refractivity contribution is 0.0690. The first kappa shape index (κ1) is 11.9. The van der Waals surface area contributed by atoms with Crippen molar-refractivity contribution in [3.8, 4) is 11.5 Å². The van der Waals surface area contributed by atoms with Crippen molar-refractivity contribution in [2.45, 2.75) is 10.1 Å². The third-order valence-corrected chi connectivity index (χ3v) is 3.27. The van der Waals surface area contributed by atoms with Crippen molar-refractivity contribution in [2.75, 3.05) is 13.2 Å². The molecular formula is C12H9NO5S. The number of aromatic nitrogens is 1. The van der Waals surface area contributed by atoms with Crippen molar-refractivity contribution >= 4 is 17.7 Å². The summed E-state index contributed by atoms with van der Waals surface area (Å²) < 4.78 is 15.9. The molecule has 2 aromatic rings. The lowest BCUT2D eigenvalue weighted by Crippen LogP contribution is -2.15. The fourth-order valence-corrected chi connectivity index (χ4v) is 2.33. The molecule has 2 heterocycles. The lowest BCUT2D eigenvalue weighted by Gasteiger charge is -2.18. The number of hydrogen-bond donors (Lipinski definition) is 1. The minimum Gasteiger partial charge on any atom is -0.486 e. The summed E-state index contributed by atoms with van der Waals surface area (Å²) in [6.45, 7) is 1.06. The van der Waals surface area contributed by atoms with E-state index in [0.717, 1.165) is 11.2 Å². The number of rotatable bonds is 3. The Bertz CT molecular complexity index is 624. The van der Waals surface area contributed by atoms with Crippen LogP contribution in [0.4, 0.5) is 0 Å². The van der Waals surface area contributed by atoms with E-state index in [-0.39, 0.29) is 10.9 Å². The number of nitrogens with zero attached hydrogens (tertiary/aromatic N) is 1. The SMILES string of the molecule is O=C(O)c1coc(Sc2ccc3c(c2)OCCO3)n1. The standard InChI is InChI=1S/C12H9NO5S/c14-11(15)8-6-18-12(13-8)19-7-1-2-9-10(5-7)17-4-3-16-9/h1-2,5-6H,3-4H2,(H,14,15). The van der Waals surface area contributed by atoms with E-state index in [9.17, 15) is 4.79 Å². The highest BCUT2D eigenvalue weighted by atomic mass is 32.2. The second kappa shape index (κ2) is 4.85. The topological polar surface area (TPSA) is 81.8 Å². The van der Waals surface area contributed by atoms with Gasteiger partial charge >= 0.3 is 5.97 Å². The molecule has 1 aliphatic rings. The average molecular weight is 279 g/mol. The maximum atomic E-state index is 10.7. The zero-order valence-electron chi connectivity index (χ0n) is 9.66. The third-order valence-electron chi connectivity index (χ3n) is 2.42. The second-order valence-electron chi connectivity index (χ2n) is 3.71. The largest absolute Gasteiger partial charge is 0.486 e. The van der Waals surface area contributed by atoms with Crippen molar-refractivity contribution in [2.24, 2.45) is 0 Å². The van der Waals surface area contributed by atoms with E-state index in [1.165, 1.54) is 11.8 Å². The van der Waals surface area contributed by atoms with Gasteiger partial charge in [-0.1, -0.05) is 0 Å². The molecule has 7 heteroatoms. The van der Waals surface area contributed by atoms with Gasteiger partial charge < -0.3 is 19.0 Å². The van der Waals surface area contributed by atoms with Crippen LogP contribution in [-0.2, 0) is 0 Å².